The number of hydrogen-bond donors (Lipinski definition) is 1. The molecule has 2 aromatic rings. The van der Waals surface area contributed by atoms with E-state index in [1.54, 1.807) is 32.0 Å². The van der Waals surface area contributed by atoms with E-state index >= 15 is 0 Å². The smallest absolute Gasteiger partial charge is 0.258 e. The highest BCUT2D eigenvalue weighted by Gasteiger charge is 2.19. The summed E-state index contributed by atoms with van der Waals surface area (Å²) >= 11 is 0. The molecule has 7 nitrogen and oxygen atoms in total. The Labute approximate surface area is 140 Å². The van der Waals surface area contributed by atoms with Gasteiger partial charge in [0.15, 0.2) is 0 Å². The van der Waals surface area contributed by atoms with Crippen LogP contribution in [-0.4, -0.2) is 19.6 Å². The number of nitrogens with one attached hydrogen (secondary N) is 1. The monoisotopic (exact) mass is 347 g/mol. The van der Waals surface area contributed by atoms with Gasteiger partial charge in [-0.05, 0) is 38.0 Å². The lowest BCUT2D eigenvalue weighted by atomic mass is 10.1. The highest BCUT2D eigenvalue weighted by molar-refractivity contribution is 7.89. The fraction of sp³-hybridized carbons (Fsp3) is 0.188. The predicted molar refractivity (Wildman–Crippen MR) is 91.7 cm³/mol. The molecule has 0 aromatic heterocycles. The van der Waals surface area contributed by atoms with Crippen LogP contribution in [0.3, 0.4) is 0 Å². The van der Waals surface area contributed by atoms with Gasteiger partial charge in [-0.1, -0.05) is 29.8 Å². The van der Waals surface area contributed by atoms with Crippen LogP contribution in [0.15, 0.2) is 46.4 Å². The molecule has 2 rings (SSSR count). The van der Waals surface area contributed by atoms with Crippen molar-refractivity contribution in [2.24, 2.45) is 5.10 Å². The van der Waals surface area contributed by atoms with Crippen LogP contribution in [-0.2, 0) is 10.0 Å². The van der Waals surface area contributed by atoms with E-state index in [2.05, 4.69) is 9.93 Å². The molecule has 0 saturated heterocycles. The predicted octanol–water partition coefficient (Wildman–Crippen LogP) is 2.83. The Kier molecular flexibility index (Phi) is 4.99. The average molecular weight is 347 g/mol. The molecule has 24 heavy (non-hydrogen) atoms. The minimum absolute atomic E-state index is 0.150. The highest BCUT2D eigenvalue weighted by atomic mass is 32.2. The largest absolute Gasteiger partial charge is 0.278 e. The molecule has 0 saturated carbocycles. The molecule has 0 spiro atoms. The van der Waals surface area contributed by atoms with E-state index in [0.29, 0.717) is 11.1 Å². The number of hydrogen-bond acceptors (Lipinski definition) is 5. The number of sulfonamides is 1. The minimum atomic E-state index is -3.86. The Morgan fingerprint density at radius 3 is 2.29 bits per heavy atom. The van der Waals surface area contributed by atoms with Crippen molar-refractivity contribution in [3.63, 3.8) is 0 Å². The van der Waals surface area contributed by atoms with Crippen molar-refractivity contribution in [2.75, 3.05) is 0 Å². The van der Waals surface area contributed by atoms with Crippen LogP contribution in [0.1, 0.15) is 22.3 Å². The van der Waals surface area contributed by atoms with E-state index in [1.807, 2.05) is 6.92 Å². The summed E-state index contributed by atoms with van der Waals surface area (Å²) in [4.78, 5) is 12.6. The van der Waals surface area contributed by atoms with Gasteiger partial charge >= 0.3 is 0 Å². The first-order valence-electron chi connectivity index (χ1n) is 7.08. The summed E-state index contributed by atoms with van der Waals surface area (Å²) in [6.45, 7) is 5.30. The zero-order valence-electron chi connectivity index (χ0n) is 13.5. The van der Waals surface area contributed by atoms with Gasteiger partial charge in [0, 0.05) is 6.07 Å². The van der Waals surface area contributed by atoms with E-state index in [4.69, 9.17) is 0 Å². The molecule has 0 aliphatic heterocycles. The summed E-state index contributed by atoms with van der Waals surface area (Å²) in [5, 5.41) is 14.6. The Bertz CT molecular complexity index is 898. The van der Waals surface area contributed by atoms with Gasteiger partial charge in [0.05, 0.1) is 21.6 Å². The third kappa shape index (κ3) is 3.77. The highest BCUT2D eigenvalue weighted by Crippen LogP contribution is 2.21. The van der Waals surface area contributed by atoms with Gasteiger partial charge < -0.3 is 0 Å². The summed E-state index contributed by atoms with van der Waals surface area (Å²) in [6, 6.07) is 9.48. The van der Waals surface area contributed by atoms with E-state index in [-0.39, 0.29) is 16.1 Å². The van der Waals surface area contributed by atoms with E-state index in [1.165, 1.54) is 18.2 Å². The Morgan fingerprint density at radius 1 is 1.12 bits per heavy atom. The second-order valence-corrected chi connectivity index (χ2v) is 6.99. The normalized spacial score (nSPS) is 11.6. The Hall–Kier alpha value is -2.74. The molecular weight excluding hydrogens is 330 g/mol. The van der Waals surface area contributed by atoms with Gasteiger partial charge in [0.1, 0.15) is 0 Å². The van der Waals surface area contributed by atoms with E-state index in [0.717, 1.165) is 11.8 Å². The minimum Gasteiger partial charge on any atom is -0.258 e. The molecular formula is C16H17N3O4S. The fourth-order valence-corrected chi connectivity index (χ4v) is 3.81. The van der Waals surface area contributed by atoms with Crippen LogP contribution in [0, 0.1) is 30.9 Å². The molecule has 1 N–H and O–H groups in total. The number of benzene rings is 2. The lowest BCUT2D eigenvalue weighted by Gasteiger charge is -2.11. The number of nitrogens with zero attached hydrogens (tertiary/aromatic N) is 2. The number of aryl methyl sites for hydroxylation is 3. The quantitative estimate of drug-likeness (QED) is 0.510. The fourth-order valence-electron chi connectivity index (χ4n) is 2.56. The molecule has 0 aliphatic carbocycles. The number of nitro groups is 1. The molecule has 0 heterocycles. The van der Waals surface area contributed by atoms with Crippen LogP contribution in [0.25, 0.3) is 0 Å². The van der Waals surface area contributed by atoms with Gasteiger partial charge in [-0.2, -0.15) is 13.5 Å². The van der Waals surface area contributed by atoms with Crippen LogP contribution < -0.4 is 4.83 Å². The second kappa shape index (κ2) is 6.79. The molecule has 0 unspecified atom stereocenters. The van der Waals surface area contributed by atoms with Crippen molar-refractivity contribution in [1.29, 1.82) is 0 Å². The van der Waals surface area contributed by atoms with Crippen molar-refractivity contribution in [1.82, 2.24) is 4.83 Å². The first kappa shape index (κ1) is 17.6. The topological polar surface area (TPSA) is 102 Å². The zero-order chi connectivity index (χ0) is 17.9. The van der Waals surface area contributed by atoms with Crippen molar-refractivity contribution in [2.45, 2.75) is 25.7 Å². The lowest BCUT2D eigenvalue weighted by molar-refractivity contribution is -0.385. The number of nitro benzene ring substituents is 1. The van der Waals surface area contributed by atoms with Crippen molar-refractivity contribution < 1.29 is 13.3 Å². The first-order chi connectivity index (χ1) is 11.2. The Balaban J connectivity index is 2.31. The summed E-state index contributed by atoms with van der Waals surface area (Å²) in [5.41, 5.74) is 2.25. The third-order valence-electron chi connectivity index (χ3n) is 3.38. The number of para-hydroxylation sites is 1. The molecule has 8 heteroatoms. The van der Waals surface area contributed by atoms with Gasteiger partial charge in [0.2, 0.25) is 0 Å². The summed E-state index contributed by atoms with van der Waals surface area (Å²) in [5.74, 6) is 0. The van der Waals surface area contributed by atoms with Gasteiger partial charge in [-0.25, -0.2) is 4.83 Å². The molecule has 0 radical (unpaired) electrons. The van der Waals surface area contributed by atoms with Gasteiger partial charge in [0.25, 0.3) is 15.7 Å². The van der Waals surface area contributed by atoms with Crippen LogP contribution in [0.2, 0.25) is 0 Å². The maximum Gasteiger partial charge on any atom is 0.278 e. The average Bonchev–Trinajstić information content (AvgIpc) is 2.45. The summed E-state index contributed by atoms with van der Waals surface area (Å²) in [6.07, 6.45) is 1.12. The SMILES string of the molecule is Cc1cc(C)c(S(=O)(=O)N/N=C/c2ccccc2[N+](=O)[O-])c(C)c1. The van der Waals surface area contributed by atoms with Crippen molar-refractivity contribution in [3.05, 3.63) is 68.8 Å². The maximum atomic E-state index is 12.4. The maximum absolute atomic E-state index is 12.4. The molecule has 0 amide bonds. The third-order valence-corrected chi connectivity index (χ3v) is 4.91. The van der Waals surface area contributed by atoms with E-state index < -0.39 is 14.9 Å². The molecule has 126 valence electrons. The standard InChI is InChI=1S/C16H17N3O4S/c1-11-8-12(2)16(13(3)9-11)24(22,23)18-17-10-14-6-4-5-7-15(14)19(20)21/h4-10,18H,1-3H3/b17-10+. The zero-order valence-corrected chi connectivity index (χ0v) is 14.3. The van der Waals surface area contributed by atoms with Gasteiger partial charge in [-0.3, -0.25) is 10.1 Å². The number of rotatable bonds is 5. The van der Waals surface area contributed by atoms with Crippen LogP contribution in [0.5, 0.6) is 0 Å². The summed E-state index contributed by atoms with van der Waals surface area (Å²) in [7, 11) is -3.86. The molecule has 0 bridgehead atoms. The summed E-state index contributed by atoms with van der Waals surface area (Å²) < 4.78 is 24.9. The van der Waals surface area contributed by atoms with E-state index in [9.17, 15) is 18.5 Å². The van der Waals surface area contributed by atoms with Crippen molar-refractivity contribution in [3.8, 4) is 0 Å². The molecule has 2 aromatic carbocycles. The molecule has 0 fully saturated rings. The van der Waals surface area contributed by atoms with Crippen LogP contribution in [0.4, 0.5) is 5.69 Å². The Morgan fingerprint density at radius 2 is 1.71 bits per heavy atom. The number of hydrazone groups is 1. The first-order valence-corrected chi connectivity index (χ1v) is 8.57. The van der Waals surface area contributed by atoms with Crippen LogP contribution >= 0.6 is 0 Å². The van der Waals surface area contributed by atoms with Gasteiger partial charge in [-0.15, -0.1) is 0 Å². The second-order valence-electron chi connectivity index (χ2n) is 5.40. The molecule has 0 aliphatic rings. The van der Waals surface area contributed by atoms with Crippen molar-refractivity contribution >= 4 is 21.9 Å². The molecule has 0 atom stereocenters. The lowest BCUT2D eigenvalue weighted by Crippen LogP contribution is -2.20.